The van der Waals surface area contributed by atoms with E-state index in [2.05, 4.69) is 5.10 Å². The Kier molecular flexibility index (Phi) is 2.92. The van der Waals surface area contributed by atoms with Crippen molar-refractivity contribution in [2.45, 2.75) is 11.8 Å². The predicted molar refractivity (Wildman–Crippen MR) is 66.8 cm³/mol. The molecule has 0 spiro atoms. The molecule has 0 aliphatic carbocycles. The summed E-state index contributed by atoms with van der Waals surface area (Å²) >= 11 is 1.65. The minimum atomic E-state index is 0.268. The Morgan fingerprint density at radius 2 is 2.00 bits per heavy atom. The van der Waals surface area contributed by atoms with Crippen LogP contribution in [0.25, 0.3) is 11.3 Å². The summed E-state index contributed by atoms with van der Waals surface area (Å²) in [5.74, 6) is 0.268. The monoisotopic (exact) mass is 234 g/mol. The van der Waals surface area contributed by atoms with Gasteiger partial charge in [-0.2, -0.15) is 5.10 Å². The number of aromatic hydroxyl groups is 1. The van der Waals surface area contributed by atoms with Crippen LogP contribution in [0.5, 0.6) is 5.75 Å². The molecular formula is C12H14N2OS. The van der Waals surface area contributed by atoms with Crippen molar-refractivity contribution in [2.75, 3.05) is 6.26 Å². The summed E-state index contributed by atoms with van der Waals surface area (Å²) in [4.78, 5) is 1.12. The summed E-state index contributed by atoms with van der Waals surface area (Å²) in [5, 5.41) is 14.3. The molecule has 1 N–H and O–H groups in total. The van der Waals surface area contributed by atoms with Gasteiger partial charge in [-0.1, -0.05) is 18.2 Å². The van der Waals surface area contributed by atoms with Crippen LogP contribution in [0.15, 0.2) is 29.2 Å². The molecule has 0 aliphatic heterocycles. The third kappa shape index (κ3) is 1.69. The maximum Gasteiger partial charge on any atom is 0.164 e. The molecule has 0 amide bonds. The van der Waals surface area contributed by atoms with E-state index in [0.29, 0.717) is 5.69 Å². The summed E-state index contributed by atoms with van der Waals surface area (Å²) < 4.78 is 1.70. The van der Waals surface area contributed by atoms with Crippen LogP contribution < -0.4 is 0 Å². The van der Waals surface area contributed by atoms with Crippen LogP contribution in [0.3, 0.4) is 0 Å². The van der Waals surface area contributed by atoms with Crippen molar-refractivity contribution >= 4 is 11.8 Å². The highest BCUT2D eigenvalue weighted by Gasteiger charge is 2.15. The van der Waals surface area contributed by atoms with E-state index >= 15 is 0 Å². The SMILES string of the molecule is CSc1ccccc1-c1nn(C)c(C)c1O. The molecule has 0 aliphatic rings. The van der Waals surface area contributed by atoms with Gasteiger partial charge < -0.3 is 5.11 Å². The lowest BCUT2D eigenvalue weighted by Gasteiger charge is -2.04. The van der Waals surface area contributed by atoms with Gasteiger partial charge in [0.05, 0.1) is 5.69 Å². The molecule has 84 valence electrons. The third-order valence-corrected chi connectivity index (χ3v) is 3.46. The van der Waals surface area contributed by atoms with E-state index < -0.39 is 0 Å². The number of aromatic nitrogens is 2. The van der Waals surface area contributed by atoms with Crippen LogP contribution in [0.4, 0.5) is 0 Å². The molecule has 0 atom stereocenters. The van der Waals surface area contributed by atoms with Crippen LogP contribution in [0, 0.1) is 6.92 Å². The minimum absolute atomic E-state index is 0.268. The summed E-state index contributed by atoms with van der Waals surface area (Å²) in [6.45, 7) is 1.85. The van der Waals surface area contributed by atoms with Gasteiger partial charge in [0.15, 0.2) is 5.75 Å². The Balaban J connectivity index is 2.63. The van der Waals surface area contributed by atoms with Gasteiger partial charge >= 0.3 is 0 Å². The molecule has 16 heavy (non-hydrogen) atoms. The number of rotatable bonds is 2. The fourth-order valence-corrected chi connectivity index (χ4v) is 2.22. The van der Waals surface area contributed by atoms with E-state index in [0.717, 1.165) is 16.2 Å². The van der Waals surface area contributed by atoms with Crippen molar-refractivity contribution in [2.24, 2.45) is 7.05 Å². The minimum Gasteiger partial charge on any atom is -0.504 e. The Hall–Kier alpha value is -1.42. The summed E-state index contributed by atoms with van der Waals surface area (Å²) in [6.07, 6.45) is 2.02. The van der Waals surface area contributed by atoms with Gasteiger partial charge in [-0.15, -0.1) is 11.8 Å². The Morgan fingerprint density at radius 3 is 2.56 bits per heavy atom. The Morgan fingerprint density at radius 1 is 1.31 bits per heavy atom. The first-order chi connectivity index (χ1) is 7.65. The van der Waals surface area contributed by atoms with E-state index in [4.69, 9.17) is 0 Å². The molecule has 0 bridgehead atoms. The number of hydrogen-bond donors (Lipinski definition) is 1. The van der Waals surface area contributed by atoms with Crippen LogP contribution in [-0.4, -0.2) is 21.1 Å². The first-order valence-electron chi connectivity index (χ1n) is 5.01. The van der Waals surface area contributed by atoms with E-state index in [-0.39, 0.29) is 5.75 Å². The van der Waals surface area contributed by atoms with Crippen LogP contribution in [0.1, 0.15) is 5.69 Å². The fraction of sp³-hybridized carbons (Fsp3) is 0.250. The van der Waals surface area contributed by atoms with Crippen LogP contribution >= 0.6 is 11.8 Å². The number of benzene rings is 1. The third-order valence-electron chi connectivity index (χ3n) is 2.66. The second-order valence-electron chi connectivity index (χ2n) is 3.61. The standard InChI is InChI=1S/C12H14N2OS/c1-8-12(15)11(13-14(8)2)9-6-4-5-7-10(9)16-3/h4-7,15H,1-3H3. The van der Waals surface area contributed by atoms with Crippen molar-refractivity contribution in [3.05, 3.63) is 30.0 Å². The maximum absolute atomic E-state index is 10.00. The van der Waals surface area contributed by atoms with Gasteiger partial charge in [-0.05, 0) is 19.2 Å². The van der Waals surface area contributed by atoms with Crippen LogP contribution in [0.2, 0.25) is 0 Å². The molecule has 0 saturated carbocycles. The largest absolute Gasteiger partial charge is 0.504 e. The van der Waals surface area contributed by atoms with Crippen molar-refractivity contribution in [3.8, 4) is 17.0 Å². The van der Waals surface area contributed by atoms with E-state index in [9.17, 15) is 5.11 Å². The van der Waals surface area contributed by atoms with Gasteiger partial charge in [0.1, 0.15) is 5.69 Å². The predicted octanol–water partition coefficient (Wildman–Crippen LogP) is 2.82. The molecule has 0 radical (unpaired) electrons. The first kappa shape index (κ1) is 11.1. The Labute approximate surface area is 99.1 Å². The molecule has 0 unspecified atom stereocenters. The molecule has 1 aromatic carbocycles. The highest BCUT2D eigenvalue weighted by molar-refractivity contribution is 7.98. The molecule has 1 aromatic heterocycles. The smallest absolute Gasteiger partial charge is 0.164 e. The van der Waals surface area contributed by atoms with Gasteiger partial charge in [0, 0.05) is 17.5 Å². The number of thioether (sulfide) groups is 1. The fourth-order valence-electron chi connectivity index (χ4n) is 1.62. The summed E-state index contributed by atoms with van der Waals surface area (Å²) in [6, 6.07) is 7.96. The number of nitrogens with zero attached hydrogens (tertiary/aromatic N) is 2. The lowest BCUT2D eigenvalue weighted by Crippen LogP contribution is -1.92. The Bertz CT molecular complexity index is 520. The second-order valence-corrected chi connectivity index (χ2v) is 4.45. The van der Waals surface area contributed by atoms with Gasteiger partial charge in [-0.25, -0.2) is 0 Å². The molecule has 2 rings (SSSR count). The average molecular weight is 234 g/mol. The molecule has 1 heterocycles. The summed E-state index contributed by atoms with van der Waals surface area (Å²) in [5.41, 5.74) is 2.42. The number of aryl methyl sites for hydroxylation is 1. The van der Waals surface area contributed by atoms with Crippen molar-refractivity contribution in [3.63, 3.8) is 0 Å². The van der Waals surface area contributed by atoms with Gasteiger partial charge in [0.25, 0.3) is 0 Å². The van der Waals surface area contributed by atoms with E-state index in [1.54, 1.807) is 16.4 Å². The zero-order valence-corrected chi connectivity index (χ0v) is 10.4. The van der Waals surface area contributed by atoms with Crippen molar-refractivity contribution < 1.29 is 5.11 Å². The molecule has 4 heteroatoms. The lowest BCUT2D eigenvalue weighted by atomic mass is 10.1. The van der Waals surface area contributed by atoms with Crippen LogP contribution in [-0.2, 0) is 7.05 Å². The number of hydrogen-bond acceptors (Lipinski definition) is 3. The molecular weight excluding hydrogens is 220 g/mol. The normalized spacial score (nSPS) is 10.7. The maximum atomic E-state index is 10.00. The van der Waals surface area contributed by atoms with Crippen molar-refractivity contribution in [1.82, 2.24) is 9.78 Å². The second kappa shape index (κ2) is 4.22. The highest BCUT2D eigenvalue weighted by Crippen LogP contribution is 2.35. The molecule has 2 aromatic rings. The zero-order valence-electron chi connectivity index (χ0n) is 9.56. The lowest BCUT2D eigenvalue weighted by molar-refractivity contribution is 0.471. The average Bonchev–Trinajstić information content (AvgIpc) is 2.57. The molecule has 0 saturated heterocycles. The zero-order chi connectivity index (χ0) is 11.7. The summed E-state index contributed by atoms with van der Waals surface area (Å²) in [7, 11) is 1.83. The first-order valence-corrected chi connectivity index (χ1v) is 6.23. The van der Waals surface area contributed by atoms with E-state index in [1.165, 1.54) is 0 Å². The van der Waals surface area contributed by atoms with Crippen molar-refractivity contribution in [1.29, 1.82) is 0 Å². The molecule has 3 nitrogen and oxygen atoms in total. The molecule has 0 fully saturated rings. The van der Waals surface area contributed by atoms with Gasteiger partial charge in [-0.3, -0.25) is 4.68 Å². The van der Waals surface area contributed by atoms with E-state index in [1.807, 2.05) is 44.5 Å². The topological polar surface area (TPSA) is 38.0 Å². The van der Waals surface area contributed by atoms with Gasteiger partial charge in [0.2, 0.25) is 0 Å². The highest BCUT2D eigenvalue weighted by atomic mass is 32.2. The quantitative estimate of drug-likeness (QED) is 0.812.